The number of nitrogens with zero attached hydrogens (tertiary/aromatic N) is 2. The van der Waals surface area contributed by atoms with Crippen molar-refractivity contribution in [1.82, 2.24) is 9.97 Å². The van der Waals surface area contributed by atoms with Crippen LogP contribution in [0.25, 0.3) is 0 Å². The van der Waals surface area contributed by atoms with Crippen molar-refractivity contribution in [2.24, 2.45) is 5.92 Å². The summed E-state index contributed by atoms with van der Waals surface area (Å²) in [6, 6.07) is 0. The number of nitrogens with one attached hydrogen (secondary N) is 1. The third kappa shape index (κ3) is 3.63. The monoisotopic (exact) mass is 207 g/mol. The lowest BCUT2D eigenvalue weighted by Gasteiger charge is -2.04. The van der Waals surface area contributed by atoms with E-state index in [4.69, 9.17) is 4.74 Å². The highest BCUT2D eigenvalue weighted by Crippen LogP contribution is 2.28. The number of hydrogen-bond acceptors (Lipinski definition) is 4. The van der Waals surface area contributed by atoms with Crippen LogP contribution >= 0.6 is 0 Å². The van der Waals surface area contributed by atoms with Crippen molar-refractivity contribution in [3.63, 3.8) is 0 Å². The molecule has 5 nitrogen and oxygen atoms in total. The summed E-state index contributed by atoms with van der Waals surface area (Å²) < 4.78 is 5.23. The number of carbonyl (C=O) groups excluding carboxylic acids is 1. The Morgan fingerprint density at radius 2 is 2.40 bits per heavy atom. The second kappa shape index (κ2) is 4.84. The van der Waals surface area contributed by atoms with Gasteiger partial charge in [-0.2, -0.15) is 0 Å². The van der Waals surface area contributed by atoms with Crippen molar-refractivity contribution in [1.29, 1.82) is 0 Å². The first-order chi connectivity index (χ1) is 7.34. The molecule has 0 atom stereocenters. The molecule has 1 aromatic heterocycles. The van der Waals surface area contributed by atoms with Crippen LogP contribution < -0.4 is 5.32 Å². The fourth-order valence-electron chi connectivity index (χ4n) is 1.15. The summed E-state index contributed by atoms with van der Waals surface area (Å²) in [5, 5.41) is 2.60. The number of amides is 1. The molecule has 0 saturated heterocycles. The Kier molecular flexibility index (Phi) is 3.24. The molecule has 1 aromatic rings. The van der Waals surface area contributed by atoms with Crippen molar-refractivity contribution in [2.45, 2.75) is 12.8 Å². The fraction of sp³-hybridized carbons (Fsp3) is 0.500. The Morgan fingerprint density at radius 3 is 3.07 bits per heavy atom. The third-order valence-electron chi connectivity index (χ3n) is 2.11. The van der Waals surface area contributed by atoms with Gasteiger partial charge in [-0.3, -0.25) is 9.78 Å². The first kappa shape index (κ1) is 10.0. The second-order valence-corrected chi connectivity index (χ2v) is 3.60. The minimum atomic E-state index is -0.184. The number of anilines is 1. The van der Waals surface area contributed by atoms with Crippen molar-refractivity contribution in [3.8, 4) is 0 Å². The van der Waals surface area contributed by atoms with Crippen LogP contribution in [0.3, 0.4) is 0 Å². The molecule has 0 aliphatic heterocycles. The van der Waals surface area contributed by atoms with E-state index >= 15 is 0 Å². The highest BCUT2D eigenvalue weighted by Gasteiger charge is 2.21. The molecule has 0 unspecified atom stereocenters. The summed E-state index contributed by atoms with van der Waals surface area (Å²) >= 11 is 0. The molecular weight excluding hydrogens is 194 g/mol. The van der Waals surface area contributed by atoms with Gasteiger partial charge in [-0.1, -0.05) is 0 Å². The highest BCUT2D eigenvalue weighted by atomic mass is 16.5. The predicted octanol–water partition coefficient (Wildman–Crippen LogP) is 0.842. The lowest BCUT2D eigenvalue weighted by Crippen LogP contribution is -2.19. The van der Waals surface area contributed by atoms with Crippen LogP contribution in [-0.2, 0) is 9.53 Å². The first-order valence-electron chi connectivity index (χ1n) is 4.98. The molecule has 1 aliphatic rings. The van der Waals surface area contributed by atoms with E-state index in [1.807, 2.05) is 0 Å². The van der Waals surface area contributed by atoms with Crippen molar-refractivity contribution in [3.05, 3.63) is 18.6 Å². The topological polar surface area (TPSA) is 64.1 Å². The number of rotatable bonds is 5. The van der Waals surface area contributed by atoms with E-state index < -0.39 is 0 Å². The number of ether oxygens (including phenoxy) is 1. The lowest BCUT2D eigenvalue weighted by molar-refractivity contribution is -0.120. The molecule has 2 rings (SSSR count). The standard InChI is InChI=1S/C10H13N3O2/c14-10(7-15-6-8-1-2-8)13-9-5-11-3-4-12-9/h3-5,8H,1-2,6-7H2,(H,12,13,14). The van der Waals surface area contributed by atoms with E-state index in [1.54, 1.807) is 6.20 Å². The van der Waals surface area contributed by atoms with Crippen LogP contribution in [0.1, 0.15) is 12.8 Å². The molecule has 5 heteroatoms. The van der Waals surface area contributed by atoms with Gasteiger partial charge in [-0.15, -0.1) is 0 Å². The zero-order valence-electron chi connectivity index (χ0n) is 8.35. The molecule has 1 amide bonds. The van der Waals surface area contributed by atoms with E-state index in [9.17, 15) is 4.79 Å². The Morgan fingerprint density at radius 1 is 1.53 bits per heavy atom. The average molecular weight is 207 g/mol. The molecule has 1 fully saturated rings. The lowest BCUT2D eigenvalue weighted by atomic mass is 10.5. The second-order valence-electron chi connectivity index (χ2n) is 3.60. The van der Waals surface area contributed by atoms with E-state index in [1.165, 1.54) is 25.2 Å². The van der Waals surface area contributed by atoms with Gasteiger partial charge in [0.2, 0.25) is 0 Å². The quantitative estimate of drug-likeness (QED) is 0.777. The van der Waals surface area contributed by atoms with Crippen molar-refractivity contribution in [2.75, 3.05) is 18.5 Å². The maximum Gasteiger partial charge on any atom is 0.251 e. The van der Waals surface area contributed by atoms with Gasteiger partial charge in [0.05, 0.1) is 12.8 Å². The fourth-order valence-corrected chi connectivity index (χ4v) is 1.15. The summed E-state index contributed by atoms with van der Waals surface area (Å²) in [6.07, 6.45) is 7.04. The van der Waals surface area contributed by atoms with Gasteiger partial charge in [-0.05, 0) is 18.8 Å². The largest absolute Gasteiger partial charge is 0.371 e. The summed E-state index contributed by atoms with van der Waals surface area (Å²) in [7, 11) is 0. The van der Waals surface area contributed by atoms with E-state index in [2.05, 4.69) is 15.3 Å². The summed E-state index contributed by atoms with van der Waals surface area (Å²) in [6.45, 7) is 0.779. The minimum absolute atomic E-state index is 0.0904. The molecule has 0 bridgehead atoms. The van der Waals surface area contributed by atoms with Crippen LogP contribution in [-0.4, -0.2) is 29.1 Å². The van der Waals surface area contributed by atoms with Gasteiger partial charge in [0.25, 0.3) is 5.91 Å². The average Bonchev–Trinajstić information content (AvgIpc) is 3.03. The molecule has 0 radical (unpaired) electrons. The molecule has 0 spiro atoms. The predicted molar refractivity (Wildman–Crippen MR) is 54.2 cm³/mol. The normalized spacial score (nSPS) is 14.9. The molecular formula is C10H13N3O2. The molecule has 1 aliphatic carbocycles. The van der Waals surface area contributed by atoms with Crippen LogP contribution in [0.5, 0.6) is 0 Å². The third-order valence-corrected chi connectivity index (χ3v) is 2.11. The van der Waals surface area contributed by atoms with Crippen molar-refractivity contribution >= 4 is 11.7 Å². The Hall–Kier alpha value is -1.49. The molecule has 1 N–H and O–H groups in total. The van der Waals surface area contributed by atoms with Gasteiger partial charge in [0.1, 0.15) is 6.61 Å². The molecule has 0 aromatic carbocycles. The molecule has 1 saturated carbocycles. The number of carbonyl (C=O) groups is 1. The molecule has 15 heavy (non-hydrogen) atoms. The van der Waals surface area contributed by atoms with Crippen LogP contribution in [0, 0.1) is 5.92 Å². The zero-order valence-corrected chi connectivity index (χ0v) is 8.35. The number of aromatic nitrogens is 2. The Labute approximate surface area is 87.9 Å². The van der Waals surface area contributed by atoms with Gasteiger partial charge >= 0.3 is 0 Å². The molecule has 80 valence electrons. The smallest absolute Gasteiger partial charge is 0.251 e. The van der Waals surface area contributed by atoms with Gasteiger partial charge in [-0.25, -0.2) is 4.98 Å². The maximum atomic E-state index is 11.3. The van der Waals surface area contributed by atoms with Gasteiger partial charge in [0, 0.05) is 12.4 Å². The van der Waals surface area contributed by atoms with Gasteiger partial charge < -0.3 is 10.1 Å². The zero-order chi connectivity index (χ0) is 10.5. The minimum Gasteiger partial charge on any atom is -0.371 e. The SMILES string of the molecule is O=C(COCC1CC1)Nc1cnccn1. The Bertz CT molecular complexity index is 325. The highest BCUT2D eigenvalue weighted by molar-refractivity contribution is 5.90. The van der Waals surface area contributed by atoms with Crippen LogP contribution in [0.4, 0.5) is 5.82 Å². The van der Waals surface area contributed by atoms with E-state index in [0.29, 0.717) is 18.3 Å². The summed E-state index contributed by atoms with van der Waals surface area (Å²) in [4.78, 5) is 19.1. The summed E-state index contributed by atoms with van der Waals surface area (Å²) in [5.41, 5.74) is 0. The van der Waals surface area contributed by atoms with Crippen LogP contribution in [0.15, 0.2) is 18.6 Å². The van der Waals surface area contributed by atoms with E-state index in [-0.39, 0.29) is 12.5 Å². The molecule has 1 heterocycles. The maximum absolute atomic E-state index is 11.3. The first-order valence-corrected chi connectivity index (χ1v) is 4.98. The van der Waals surface area contributed by atoms with Crippen molar-refractivity contribution < 1.29 is 9.53 Å². The Balaban J connectivity index is 1.67. The van der Waals surface area contributed by atoms with Gasteiger partial charge in [0.15, 0.2) is 5.82 Å². The van der Waals surface area contributed by atoms with E-state index in [0.717, 1.165) is 0 Å². The number of hydrogen-bond donors (Lipinski definition) is 1. The van der Waals surface area contributed by atoms with Crippen LogP contribution in [0.2, 0.25) is 0 Å². The summed E-state index contributed by atoms with van der Waals surface area (Å²) in [5.74, 6) is 0.947.